The summed E-state index contributed by atoms with van der Waals surface area (Å²) in [6.07, 6.45) is 1.07. The highest BCUT2D eigenvalue weighted by atomic mass is 32.1. The van der Waals surface area contributed by atoms with E-state index in [2.05, 4.69) is 10.6 Å². The maximum atomic E-state index is 10.1. The Hall–Kier alpha value is -1.35. The average molecular weight is 215 g/mol. The second-order valence-electron chi connectivity index (χ2n) is 2.59. The molecule has 0 aliphatic heterocycles. The van der Waals surface area contributed by atoms with E-state index in [1.54, 1.807) is 0 Å². The fourth-order valence-electron chi connectivity index (χ4n) is 0.736. The van der Waals surface area contributed by atoms with Crippen LogP contribution in [0.3, 0.4) is 0 Å². The van der Waals surface area contributed by atoms with Crippen molar-refractivity contribution in [3.05, 3.63) is 0 Å². The molecule has 0 bridgehead atoms. The van der Waals surface area contributed by atoms with Crippen molar-refractivity contribution in [3.63, 3.8) is 0 Å². The molecule has 0 unspecified atom stereocenters. The zero-order chi connectivity index (χ0) is 10.8. The van der Waals surface area contributed by atoms with Gasteiger partial charge in [-0.15, -0.1) is 0 Å². The van der Waals surface area contributed by atoms with Crippen LogP contribution in [0.4, 0.5) is 0 Å². The number of nitriles is 1. The van der Waals surface area contributed by atoms with Crippen molar-refractivity contribution in [2.45, 2.75) is 19.3 Å². The minimum absolute atomic E-state index is 0.133. The summed E-state index contributed by atoms with van der Waals surface area (Å²) in [6.45, 7) is 1.05. The van der Waals surface area contributed by atoms with Gasteiger partial charge >= 0.3 is 5.97 Å². The number of nitrogens with one attached hydrogen (secondary N) is 2. The molecule has 0 atom stereocenters. The van der Waals surface area contributed by atoms with Crippen molar-refractivity contribution < 1.29 is 9.90 Å². The van der Waals surface area contributed by atoms with Crippen LogP contribution in [-0.4, -0.2) is 29.3 Å². The molecule has 0 saturated carbocycles. The second kappa shape index (κ2) is 8.26. The number of nitrogens with zero attached hydrogens (tertiary/aromatic N) is 1. The maximum Gasteiger partial charge on any atom is 0.303 e. The molecule has 0 aliphatic carbocycles. The molecule has 0 aromatic heterocycles. The summed E-state index contributed by atoms with van der Waals surface area (Å²) in [6, 6.07) is 1.98. The third kappa shape index (κ3) is 8.74. The summed E-state index contributed by atoms with van der Waals surface area (Å²) in [5.74, 6) is -0.810. The predicted octanol–water partition coefficient (Wildman–Crippen LogP) is 0.229. The molecule has 0 radical (unpaired) electrons. The molecule has 5 nitrogen and oxygen atoms in total. The van der Waals surface area contributed by atoms with Crippen LogP contribution in [0.15, 0.2) is 0 Å². The van der Waals surface area contributed by atoms with Gasteiger partial charge in [-0.1, -0.05) is 0 Å². The third-order valence-electron chi connectivity index (χ3n) is 1.38. The van der Waals surface area contributed by atoms with Crippen molar-refractivity contribution in [1.82, 2.24) is 10.6 Å². The fraction of sp³-hybridized carbons (Fsp3) is 0.625. The largest absolute Gasteiger partial charge is 0.481 e. The molecule has 0 rings (SSSR count). The van der Waals surface area contributed by atoms with Gasteiger partial charge in [-0.3, -0.25) is 4.79 Å². The highest BCUT2D eigenvalue weighted by Crippen LogP contribution is 1.85. The summed E-state index contributed by atoms with van der Waals surface area (Å²) in [5.41, 5.74) is 0. The lowest BCUT2D eigenvalue weighted by Gasteiger charge is -2.07. The number of carboxylic acid groups (broad SMARTS) is 1. The van der Waals surface area contributed by atoms with Crippen molar-refractivity contribution in [1.29, 1.82) is 5.26 Å². The van der Waals surface area contributed by atoms with Gasteiger partial charge in [0, 0.05) is 19.5 Å². The van der Waals surface area contributed by atoms with E-state index in [-0.39, 0.29) is 6.42 Å². The first-order chi connectivity index (χ1) is 6.66. The molecule has 0 aromatic carbocycles. The van der Waals surface area contributed by atoms with E-state index in [0.29, 0.717) is 31.0 Å². The van der Waals surface area contributed by atoms with E-state index in [0.717, 1.165) is 0 Å². The van der Waals surface area contributed by atoms with Gasteiger partial charge < -0.3 is 15.7 Å². The topological polar surface area (TPSA) is 85.2 Å². The minimum Gasteiger partial charge on any atom is -0.481 e. The summed E-state index contributed by atoms with van der Waals surface area (Å²) in [5, 5.41) is 22.7. The van der Waals surface area contributed by atoms with Gasteiger partial charge in [-0.25, -0.2) is 0 Å². The van der Waals surface area contributed by atoms with Crippen molar-refractivity contribution in [2.75, 3.05) is 13.1 Å². The van der Waals surface area contributed by atoms with Gasteiger partial charge in [-0.2, -0.15) is 5.26 Å². The Morgan fingerprint density at radius 3 is 2.64 bits per heavy atom. The van der Waals surface area contributed by atoms with Crippen LogP contribution in [0.25, 0.3) is 0 Å². The normalized spacial score (nSPS) is 8.79. The highest BCUT2D eigenvalue weighted by molar-refractivity contribution is 7.80. The van der Waals surface area contributed by atoms with Gasteiger partial charge in [0.2, 0.25) is 0 Å². The predicted molar refractivity (Wildman–Crippen MR) is 55.7 cm³/mol. The second-order valence-corrected chi connectivity index (χ2v) is 3.00. The zero-order valence-corrected chi connectivity index (χ0v) is 8.56. The lowest BCUT2D eigenvalue weighted by molar-refractivity contribution is -0.137. The first-order valence-electron chi connectivity index (χ1n) is 4.27. The number of rotatable bonds is 6. The van der Waals surface area contributed by atoms with E-state index in [1.165, 1.54) is 0 Å². The van der Waals surface area contributed by atoms with Crippen LogP contribution in [-0.2, 0) is 4.79 Å². The highest BCUT2D eigenvalue weighted by Gasteiger charge is 1.97. The Bertz CT molecular complexity index is 237. The van der Waals surface area contributed by atoms with Gasteiger partial charge in [-0.05, 0) is 18.6 Å². The van der Waals surface area contributed by atoms with E-state index in [4.69, 9.17) is 22.6 Å². The molecule has 0 heterocycles. The molecular formula is C8H13N3O2S. The lowest BCUT2D eigenvalue weighted by atomic mass is 10.3. The molecule has 0 saturated heterocycles. The number of carbonyl (C=O) groups is 1. The van der Waals surface area contributed by atoms with E-state index < -0.39 is 5.97 Å². The van der Waals surface area contributed by atoms with Crippen molar-refractivity contribution >= 4 is 23.3 Å². The zero-order valence-electron chi connectivity index (χ0n) is 7.75. The first kappa shape index (κ1) is 12.7. The Morgan fingerprint density at radius 2 is 2.07 bits per heavy atom. The van der Waals surface area contributed by atoms with Crippen LogP contribution in [0, 0.1) is 11.3 Å². The summed E-state index contributed by atoms with van der Waals surface area (Å²) >= 11 is 4.87. The first-order valence-corrected chi connectivity index (χ1v) is 4.68. The Morgan fingerprint density at radius 1 is 1.43 bits per heavy atom. The molecular weight excluding hydrogens is 202 g/mol. The Balaban J connectivity index is 3.28. The lowest BCUT2D eigenvalue weighted by Crippen LogP contribution is -2.36. The molecule has 0 spiro atoms. The minimum atomic E-state index is -0.810. The maximum absolute atomic E-state index is 10.1. The quantitative estimate of drug-likeness (QED) is 0.434. The number of hydrogen-bond acceptors (Lipinski definition) is 3. The molecule has 14 heavy (non-hydrogen) atoms. The smallest absolute Gasteiger partial charge is 0.303 e. The molecule has 0 aliphatic rings. The fourth-order valence-corrected chi connectivity index (χ4v) is 0.940. The number of thiocarbonyl (C=S) groups is 1. The van der Waals surface area contributed by atoms with E-state index in [1.807, 2.05) is 6.07 Å². The molecule has 0 amide bonds. The average Bonchev–Trinajstić information content (AvgIpc) is 2.13. The summed E-state index contributed by atoms with van der Waals surface area (Å²) in [7, 11) is 0. The van der Waals surface area contributed by atoms with Crippen LogP contribution >= 0.6 is 12.2 Å². The molecule has 3 N–H and O–H groups in total. The molecule has 0 aromatic rings. The monoisotopic (exact) mass is 215 g/mol. The molecule has 6 heteroatoms. The van der Waals surface area contributed by atoms with Crippen LogP contribution in [0.2, 0.25) is 0 Å². The van der Waals surface area contributed by atoms with Gasteiger partial charge in [0.1, 0.15) is 0 Å². The molecule has 78 valence electrons. The van der Waals surface area contributed by atoms with E-state index in [9.17, 15) is 4.79 Å². The standard InChI is InChI=1S/C8H13N3O2S/c9-4-2-6-11-8(14)10-5-1-3-7(12)13/h1-3,5-6H2,(H,12,13)(H2,10,11,14). The SMILES string of the molecule is N#CCCNC(=S)NCCCC(=O)O. The van der Waals surface area contributed by atoms with Gasteiger partial charge in [0.15, 0.2) is 5.11 Å². The van der Waals surface area contributed by atoms with Gasteiger partial charge in [0.25, 0.3) is 0 Å². The summed E-state index contributed by atoms with van der Waals surface area (Å²) < 4.78 is 0. The van der Waals surface area contributed by atoms with Crippen molar-refractivity contribution in [3.8, 4) is 6.07 Å². The van der Waals surface area contributed by atoms with Crippen LogP contribution < -0.4 is 10.6 Å². The number of hydrogen-bond donors (Lipinski definition) is 3. The summed E-state index contributed by atoms with van der Waals surface area (Å²) in [4.78, 5) is 10.1. The Labute approximate surface area is 88.1 Å². The number of carboxylic acids is 1. The van der Waals surface area contributed by atoms with Crippen LogP contribution in [0.5, 0.6) is 0 Å². The number of aliphatic carboxylic acids is 1. The molecule has 0 fully saturated rings. The van der Waals surface area contributed by atoms with Gasteiger partial charge in [0.05, 0.1) is 12.5 Å². The van der Waals surface area contributed by atoms with Crippen molar-refractivity contribution in [2.24, 2.45) is 0 Å². The van der Waals surface area contributed by atoms with Crippen LogP contribution in [0.1, 0.15) is 19.3 Å². The Kier molecular flexibility index (Phi) is 7.46. The third-order valence-corrected chi connectivity index (χ3v) is 1.66. The van der Waals surface area contributed by atoms with E-state index >= 15 is 0 Å².